The molecule has 0 N–H and O–H groups in total. The van der Waals surface area contributed by atoms with Gasteiger partial charge in [0.25, 0.3) is 0 Å². The van der Waals surface area contributed by atoms with E-state index in [9.17, 15) is 0 Å². The Labute approximate surface area is 106 Å². The maximum atomic E-state index is 6.11. The molecule has 2 rings (SSSR count). The first-order valence-electron chi connectivity index (χ1n) is 5.60. The van der Waals surface area contributed by atoms with E-state index in [1.165, 1.54) is 5.56 Å². The normalized spacial score (nSPS) is 11.1. The lowest BCUT2D eigenvalue weighted by atomic mass is 9.99. The molecule has 0 aliphatic carbocycles. The third kappa shape index (κ3) is 2.64. The quantitative estimate of drug-likeness (QED) is 0.841. The highest BCUT2D eigenvalue weighted by molar-refractivity contribution is 6.30. The van der Waals surface area contributed by atoms with E-state index in [0.29, 0.717) is 5.92 Å². The van der Waals surface area contributed by atoms with E-state index >= 15 is 0 Å². The summed E-state index contributed by atoms with van der Waals surface area (Å²) in [4.78, 5) is 0. The first-order chi connectivity index (χ1) is 8.08. The molecule has 0 aliphatic rings. The summed E-state index contributed by atoms with van der Waals surface area (Å²) in [5.74, 6) is 0.558. The number of nitrogens with zero attached hydrogens (tertiary/aromatic N) is 4. The highest BCUT2D eigenvalue weighted by Gasteiger charge is 2.12. The second kappa shape index (κ2) is 4.84. The Morgan fingerprint density at radius 3 is 2.71 bits per heavy atom. The van der Waals surface area contributed by atoms with Crippen LogP contribution in [0, 0.1) is 12.8 Å². The zero-order valence-electron chi connectivity index (χ0n) is 10.2. The number of tetrazole rings is 1. The summed E-state index contributed by atoms with van der Waals surface area (Å²) in [6.07, 6.45) is 2.57. The van der Waals surface area contributed by atoms with Gasteiger partial charge in [-0.15, -0.1) is 5.10 Å². The summed E-state index contributed by atoms with van der Waals surface area (Å²) >= 11 is 6.11. The molecule has 0 aliphatic heterocycles. The molecule has 0 fully saturated rings. The van der Waals surface area contributed by atoms with Crippen molar-refractivity contribution in [2.75, 3.05) is 0 Å². The maximum absolute atomic E-state index is 6.11. The molecule has 17 heavy (non-hydrogen) atoms. The van der Waals surface area contributed by atoms with Gasteiger partial charge < -0.3 is 0 Å². The molecule has 0 saturated heterocycles. The Hall–Kier alpha value is -1.42. The van der Waals surface area contributed by atoms with E-state index in [4.69, 9.17) is 11.6 Å². The van der Waals surface area contributed by atoms with Gasteiger partial charge in [0.1, 0.15) is 6.33 Å². The molecule has 0 radical (unpaired) electrons. The lowest BCUT2D eigenvalue weighted by Crippen LogP contribution is -2.06. The van der Waals surface area contributed by atoms with Crippen LogP contribution in [-0.2, 0) is 6.42 Å². The largest absolute Gasteiger partial charge is 0.200 e. The minimum Gasteiger partial charge on any atom is -0.200 e. The van der Waals surface area contributed by atoms with Gasteiger partial charge in [-0.2, -0.15) is 0 Å². The third-order valence-corrected chi connectivity index (χ3v) is 2.77. The smallest absolute Gasteiger partial charge is 0.143 e. The van der Waals surface area contributed by atoms with Crippen LogP contribution in [0.5, 0.6) is 0 Å². The number of aromatic nitrogens is 4. The second-order valence-corrected chi connectivity index (χ2v) is 5.02. The number of halogens is 1. The van der Waals surface area contributed by atoms with E-state index < -0.39 is 0 Å². The lowest BCUT2D eigenvalue weighted by molar-refractivity contribution is 0.640. The van der Waals surface area contributed by atoms with Crippen molar-refractivity contribution >= 4 is 11.6 Å². The summed E-state index contributed by atoms with van der Waals surface area (Å²) in [6.45, 7) is 6.38. The molecule has 4 nitrogen and oxygen atoms in total. The van der Waals surface area contributed by atoms with Crippen molar-refractivity contribution in [2.45, 2.75) is 27.2 Å². The molecule has 90 valence electrons. The molecule has 1 aromatic heterocycles. The second-order valence-electron chi connectivity index (χ2n) is 4.58. The fourth-order valence-corrected chi connectivity index (χ4v) is 2.29. The van der Waals surface area contributed by atoms with Crippen LogP contribution in [-0.4, -0.2) is 20.2 Å². The molecule has 0 bridgehead atoms. The predicted octanol–water partition coefficient (Wildman–Crippen LogP) is 2.82. The first-order valence-corrected chi connectivity index (χ1v) is 5.98. The van der Waals surface area contributed by atoms with Crippen molar-refractivity contribution in [3.05, 3.63) is 34.6 Å². The summed E-state index contributed by atoms with van der Waals surface area (Å²) in [5, 5.41) is 12.1. The number of hydrogen-bond donors (Lipinski definition) is 0. The Morgan fingerprint density at radius 2 is 2.12 bits per heavy atom. The molecular weight excluding hydrogens is 236 g/mol. The molecule has 5 heteroatoms. The molecule has 0 atom stereocenters. The molecule has 1 aromatic carbocycles. The van der Waals surface area contributed by atoms with E-state index in [1.54, 1.807) is 11.0 Å². The van der Waals surface area contributed by atoms with Crippen LogP contribution >= 0.6 is 11.6 Å². The lowest BCUT2D eigenvalue weighted by Gasteiger charge is -2.14. The van der Waals surface area contributed by atoms with E-state index in [0.717, 1.165) is 22.7 Å². The van der Waals surface area contributed by atoms with Gasteiger partial charge in [-0.25, -0.2) is 4.68 Å². The van der Waals surface area contributed by atoms with Crippen molar-refractivity contribution in [1.82, 2.24) is 20.2 Å². The van der Waals surface area contributed by atoms with Gasteiger partial charge in [-0.05, 0) is 52.9 Å². The van der Waals surface area contributed by atoms with Gasteiger partial charge in [0.15, 0.2) is 0 Å². The van der Waals surface area contributed by atoms with E-state index in [1.807, 2.05) is 19.1 Å². The van der Waals surface area contributed by atoms with Crippen LogP contribution in [0.3, 0.4) is 0 Å². The molecule has 2 aromatic rings. The van der Waals surface area contributed by atoms with E-state index in [-0.39, 0.29) is 0 Å². The van der Waals surface area contributed by atoms with Crippen LogP contribution in [0.2, 0.25) is 5.02 Å². The number of rotatable bonds is 3. The van der Waals surface area contributed by atoms with Crippen molar-refractivity contribution in [3.63, 3.8) is 0 Å². The molecule has 1 heterocycles. The minimum absolute atomic E-state index is 0.558. The third-order valence-electron chi connectivity index (χ3n) is 2.55. The van der Waals surface area contributed by atoms with Crippen LogP contribution < -0.4 is 0 Å². The van der Waals surface area contributed by atoms with Crippen LogP contribution in [0.4, 0.5) is 0 Å². The van der Waals surface area contributed by atoms with Gasteiger partial charge in [-0.1, -0.05) is 25.4 Å². The Balaban J connectivity index is 2.55. The highest BCUT2D eigenvalue weighted by atomic mass is 35.5. The standard InChI is InChI=1S/C12H15ClN4/c1-8(2)4-10-6-11(13)5-9(3)12(10)17-7-14-15-16-17/h5-8H,4H2,1-3H3. The van der Waals surface area contributed by atoms with Crippen LogP contribution in [0.25, 0.3) is 5.69 Å². The summed E-state index contributed by atoms with van der Waals surface area (Å²) in [5.41, 5.74) is 3.30. The molecule has 0 unspecified atom stereocenters. The number of hydrogen-bond acceptors (Lipinski definition) is 3. The van der Waals surface area contributed by atoms with Crippen molar-refractivity contribution in [1.29, 1.82) is 0 Å². The zero-order valence-corrected chi connectivity index (χ0v) is 10.9. The molecule has 0 spiro atoms. The summed E-state index contributed by atoms with van der Waals surface area (Å²) in [6, 6.07) is 3.92. The monoisotopic (exact) mass is 250 g/mol. The predicted molar refractivity (Wildman–Crippen MR) is 67.4 cm³/mol. The van der Waals surface area contributed by atoms with Gasteiger partial charge in [0, 0.05) is 5.02 Å². The number of aryl methyl sites for hydroxylation is 1. The highest BCUT2D eigenvalue weighted by Crippen LogP contribution is 2.25. The van der Waals surface area contributed by atoms with Crippen molar-refractivity contribution in [2.24, 2.45) is 5.92 Å². The molecular formula is C12H15ClN4. The maximum Gasteiger partial charge on any atom is 0.143 e. The SMILES string of the molecule is Cc1cc(Cl)cc(CC(C)C)c1-n1cnnn1. The Kier molecular flexibility index (Phi) is 3.43. The van der Waals surface area contributed by atoms with Gasteiger partial charge >= 0.3 is 0 Å². The Morgan fingerprint density at radius 1 is 1.35 bits per heavy atom. The van der Waals surface area contributed by atoms with Gasteiger partial charge in [-0.3, -0.25) is 0 Å². The summed E-state index contributed by atoms with van der Waals surface area (Å²) in [7, 11) is 0. The van der Waals surface area contributed by atoms with Crippen molar-refractivity contribution in [3.8, 4) is 5.69 Å². The molecule has 0 amide bonds. The fourth-order valence-electron chi connectivity index (χ4n) is 1.99. The van der Waals surface area contributed by atoms with Crippen LogP contribution in [0.15, 0.2) is 18.5 Å². The van der Waals surface area contributed by atoms with Crippen molar-refractivity contribution < 1.29 is 0 Å². The number of benzene rings is 1. The van der Waals surface area contributed by atoms with Gasteiger partial charge in [0.2, 0.25) is 0 Å². The topological polar surface area (TPSA) is 43.6 Å². The summed E-state index contributed by atoms with van der Waals surface area (Å²) < 4.78 is 1.70. The van der Waals surface area contributed by atoms with E-state index in [2.05, 4.69) is 29.4 Å². The van der Waals surface area contributed by atoms with Gasteiger partial charge in [0.05, 0.1) is 5.69 Å². The molecule has 0 saturated carbocycles. The average molecular weight is 251 g/mol. The fraction of sp³-hybridized carbons (Fsp3) is 0.417. The minimum atomic E-state index is 0.558. The first kappa shape index (κ1) is 12.0. The zero-order chi connectivity index (χ0) is 12.4. The van der Waals surface area contributed by atoms with Crippen LogP contribution in [0.1, 0.15) is 25.0 Å². The Bertz CT molecular complexity index is 505. The average Bonchev–Trinajstić information content (AvgIpc) is 2.68.